The number of allylic oxidation sites excluding steroid dienone is 1. The number of hydrazone groups is 1. The Morgan fingerprint density at radius 3 is 2.43 bits per heavy atom. The summed E-state index contributed by atoms with van der Waals surface area (Å²) < 4.78 is 0. The third-order valence-corrected chi connectivity index (χ3v) is 6.63. The minimum atomic E-state index is -1.40. The molecule has 35 heavy (non-hydrogen) atoms. The van der Waals surface area contributed by atoms with E-state index in [2.05, 4.69) is 36.6 Å². The van der Waals surface area contributed by atoms with E-state index >= 15 is 0 Å². The molecule has 0 amide bonds. The number of carbonyl (C=O) groups is 2. The fraction of sp³-hybridized carbons (Fsp3) is 0.250. The number of thiocarbonyl (C=S) groups is 1. The van der Waals surface area contributed by atoms with Crippen molar-refractivity contribution < 1.29 is 19.6 Å². The van der Waals surface area contributed by atoms with Gasteiger partial charge in [0.05, 0.1) is 15.9 Å². The molecule has 0 saturated heterocycles. The molecule has 1 aliphatic rings. The highest BCUT2D eigenvalue weighted by Gasteiger charge is 2.31. The molecule has 2 aromatic carbocycles. The Morgan fingerprint density at radius 1 is 1.20 bits per heavy atom. The number of anilines is 1. The van der Waals surface area contributed by atoms with Gasteiger partial charge in [0.25, 0.3) is 5.69 Å². The molecular formula is C24H24N4O5S2. The van der Waals surface area contributed by atoms with Crippen LogP contribution in [0, 0.1) is 10.1 Å². The maximum atomic E-state index is 13.0. The van der Waals surface area contributed by atoms with Crippen molar-refractivity contribution in [1.82, 2.24) is 5.43 Å². The molecule has 182 valence electrons. The first-order chi connectivity index (χ1) is 16.4. The Hall–Kier alpha value is -3.57. The van der Waals surface area contributed by atoms with Gasteiger partial charge in [0.2, 0.25) is 0 Å². The van der Waals surface area contributed by atoms with Crippen LogP contribution in [0.15, 0.2) is 58.5 Å². The molecule has 0 spiro atoms. The molecule has 2 aromatic rings. The summed E-state index contributed by atoms with van der Waals surface area (Å²) in [6.07, 6.45) is 0. The molecule has 1 aliphatic heterocycles. The van der Waals surface area contributed by atoms with E-state index in [4.69, 9.17) is 17.3 Å². The lowest BCUT2D eigenvalue weighted by molar-refractivity contribution is -0.385. The van der Waals surface area contributed by atoms with Crippen molar-refractivity contribution in [3.63, 3.8) is 0 Å². The largest absolute Gasteiger partial charge is 0.477 e. The summed E-state index contributed by atoms with van der Waals surface area (Å²) in [7, 11) is 0. The van der Waals surface area contributed by atoms with E-state index in [0.29, 0.717) is 11.3 Å². The van der Waals surface area contributed by atoms with Gasteiger partial charge in [0, 0.05) is 17.3 Å². The second-order valence-corrected chi connectivity index (χ2v) is 10.2. The number of hydrogen-bond acceptors (Lipinski definition) is 7. The first-order valence-electron chi connectivity index (χ1n) is 10.5. The number of benzene rings is 2. The van der Waals surface area contributed by atoms with Gasteiger partial charge in [-0.15, -0.1) is 11.8 Å². The number of nitro benzene ring substituents is 1. The lowest BCUT2D eigenvalue weighted by atomic mass is 9.86. The number of Topliss-reactive ketones (excluding diaryl/α,β-unsaturated/α-hetero) is 1. The third-order valence-electron chi connectivity index (χ3n) is 5.30. The fourth-order valence-electron chi connectivity index (χ4n) is 3.34. The van der Waals surface area contributed by atoms with Gasteiger partial charge in [-0.05, 0) is 53.2 Å². The topological polar surface area (TPSA) is 134 Å². The molecule has 9 nitrogen and oxygen atoms in total. The number of hydrogen-bond donors (Lipinski definition) is 3. The monoisotopic (exact) mass is 512 g/mol. The van der Waals surface area contributed by atoms with E-state index in [9.17, 15) is 19.7 Å². The van der Waals surface area contributed by atoms with Crippen LogP contribution < -0.4 is 10.7 Å². The Morgan fingerprint density at radius 2 is 1.86 bits per heavy atom. The highest BCUT2D eigenvalue weighted by molar-refractivity contribution is 8.03. The van der Waals surface area contributed by atoms with Gasteiger partial charge in [-0.25, -0.2) is 4.79 Å². The van der Waals surface area contributed by atoms with Crippen LogP contribution in [0.25, 0.3) is 0 Å². The smallest absolute Gasteiger partial charge is 0.342 e. The maximum absolute atomic E-state index is 13.0. The van der Waals surface area contributed by atoms with Crippen molar-refractivity contribution in [1.29, 1.82) is 0 Å². The lowest BCUT2D eigenvalue weighted by Crippen LogP contribution is -2.26. The van der Waals surface area contributed by atoms with E-state index < -0.39 is 22.1 Å². The van der Waals surface area contributed by atoms with Crippen LogP contribution in [0.3, 0.4) is 0 Å². The van der Waals surface area contributed by atoms with E-state index in [0.717, 1.165) is 17.7 Å². The SMILES string of the molecule is C/C(=N\NC(=S)Nc1ccc(C(=O)O)c([N+](=O)[O-])c1)C1=CSC(c2ccc(C(C)(C)C)cc2)C1=O. The van der Waals surface area contributed by atoms with E-state index in [1.807, 2.05) is 24.3 Å². The number of carboxylic acid groups (broad SMARTS) is 1. The summed E-state index contributed by atoms with van der Waals surface area (Å²) in [6, 6.07) is 11.6. The number of rotatable bonds is 6. The lowest BCUT2D eigenvalue weighted by Gasteiger charge is -2.20. The summed E-state index contributed by atoms with van der Waals surface area (Å²) in [5.41, 5.74) is 4.88. The Kier molecular flexibility index (Phi) is 7.71. The van der Waals surface area contributed by atoms with Crippen LogP contribution in [0.5, 0.6) is 0 Å². The van der Waals surface area contributed by atoms with Crippen molar-refractivity contribution >= 4 is 57.9 Å². The minimum Gasteiger partial charge on any atom is -0.477 e. The molecule has 1 unspecified atom stereocenters. The molecule has 1 heterocycles. The average molecular weight is 513 g/mol. The number of carboxylic acids is 1. The molecule has 0 radical (unpaired) electrons. The molecule has 11 heteroatoms. The van der Waals surface area contributed by atoms with Crippen molar-refractivity contribution in [2.75, 3.05) is 5.32 Å². The van der Waals surface area contributed by atoms with Gasteiger partial charge in [0.15, 0.2) is 10.9 Å². The summed E-state index contributed by atoms with van der Waals surface area (Å²) in [4.78, 5) is 34.5. The van der Waals surface area contributed by atoms with Crippen molar-refractivity contribution in [2.45, 2.75) is 38.4 Å². The van der Waals surface area contributed by atoms with Gasteiger partial charge in [0.1, 0.15) is 5.56 Å². The van der Waals surface area contributed by atoms with E-state index in [1.165, 1.54) is 23.4 Å². The van der Waals surface area contributed by atoms with Crippen LogP contribution in [0.4, 0.5) is 11.4 Å². The quantitative estimate of drug-likeness (QED) is 0.207. The molecule has 1 atom stereocenters. The van der Waals surface area contributed by atoms with Crippen LogP contribution in [-0.4, -0.2) is 32.6 Å². The number of nitro groups is 1. The molecule has 0 aromatic heterocycles. The van der Waals surface area contributed by atoms with Crippen molar-refractivity contribution in [3.05, 3.63) is 80.3 Å². The summed E-state index contributed by atoms with van der Waals surface area (Å²) in [5.74, 6) is -1.46. The zero-order valence-electron chi connectivity index (χ0n) is 19.5. The number of nitrogens with one attached hydrogen (secondary N) is 2. The van der Waals surface area contributed by atoms with Crippen molar-refractivity contribution in [3.8, 4) is 0 Å². The molecule has 0 aliphatic carbocycles. The number of aromatic carboxylic acids is 1. The Balaban J connectivity index is 1.65. The van der Waals surface area contributed by atoms with Gasteiger partial charge >= 0.3 is 5.97 Å². The van der Waals surface area contributed by atoms with Crippen LogP contribution in [0.2, 0.25) is 0 Å². The normalized spacial score (nSPS) is 16.0. The molecule has 3 rings (SSSR count). The summed E-state index contributed by atoms with van der Waals surface area (Å²) in [5, 5.41) is 28.6. The predicted octanol–water partition coefficient (Wildman–Crippen LogP) is 5.19. The first kappa shape index (κ1) is 26.0. The highest BCUT2D eigenvalue weighted by atomic mass is 32.2. The van der Waals surface area contributed by atoms with E-state index in [1.54, 1.807) is 12.3 Å². The first-order valence-corrected chi connectivity index (χ1v) is 11.9. The standard InChI is InChI=1S/C24H24N4O5S2/c1-13(18-12-35-21(20(18)29)14-5-7-15(8-6-14)24(2,3)4)26-27-23(34)25-16-9-10-17(22(30)31)19(11-16)28(32)33/h5-12,21H,1-4H3,(H,30,31)(H2,25,27,34)/b26-13+. The van der Waals surface area contributed by atoms with Gasteiger partial charge in [-0.1, -0.05) is 45.0 Å². The average Bonchev–Trinajstić information content (AvgIpc) is 3.18. The molecule has 3 N–H and O–H groups in total. The fourth-order valence-corrected chi connectivity index (χ4v) is 4.63. The number of carbonyl (C=O) groups excluding carboxylic acids is 1. The minimum absolute atomic E-state index is 0.0229. The second kappa shape index (κ2) is 10.4. The van der Waals surface area contributed by atoms with Gasteiger partial charge in [-0.3, -0.25) is 20.3 Å². The maximum Gasteiger partial charge on any atom is 0.342 e. The van der Waals surface area contributed by atoms with Crippen LogP contribution in [0.1, 0.15) is 54.4 Å². The van der Waals surface area contributed by atoms with Crippen LogP contribution >= 0.6 is 24.0 Å². The third kappa shape index (κ3) is 6.11. The number of thioether (sulfide) groups is 1. The Labute approximate surface area is 211 Å². The predicted molar refractivity (Wildman–Crippen MR) is 141 cm³/mol. The summed E-state index contributed by atoms with van der Waals surface area (Å²) in [6.45, 7) is 8.08. The van der Waals surface area contributed by atoms with Crippen LogP contribution in [-0.2, 0) is 10.2 Å². The highest BCUT2D eigenvalue weighted by Crippen LogP contribution is 2.40. The molecule has 0 saturated carbocycles. The van der Waals surface area contributed by atoms with Crippen molar-refractivity contribution in [2.24, 2.45) is 5.10 Å². The Bertz CT molecular complexity index is 1260. The molecule has 0 fully saturated rings. The number of nitrogens with zero attached hydrogens (tertiary/aromatic N) is 2. The molecule has 0 bridgehead atoms. The molecular weight excluding hydrogens is 488 g/mol. The zero-order chi connectivity index (χ0) is 25.9. The number of ketones is 1. The van der Waals surface area contributed by atoms with E-state index in [-0.39, 0.29) is 27.2 Å². The second-order valence-electron chi connectivity index (χ2n) is 8.84. The summed E-state index contributed by atoms with van der Waals surface area (Å²) >= 11 is 6.59. The van der Waals surface area contributed by atoms with Gasteiger partial charge < -0.3 is 10.4 Å². The van der Waals surface area contributed by atoms with Gasteiger partial charge in [-0.2, -0.15) is 5.10 Å². The zero-order valence-corrected chi connectivity index (χ0v) is 21.1.